The summed E-state index contributed by atoms with van der Waals surface area (Å²) >= 11 is 0. The number of para-hydroxylation sites is 1. The number of aromatic nitrogens is 3. The fourth-order valence-electron chi connectivity index (χ4n) is 3.09. The lowest BCUT2D eigenvalue weighted by Gasteiger charge is -2.22. The summed E-state index contributed by atoms with van der Waals surface area (Å²) in [5, 5.41) is 10.7. The summed E-state index contributed by atoms with van der Waals surface area (Å²) in [5.74, 6) is 0.00515. The summed E-state index contributed by atoms with van der Waals surface area (Å²) in [6.45, 7) is -0.0441. The number of benzene rings is 1. The molecule has 126 valence electrons. The number of hydrogen-bond donors (Lipinski definition) is 1. The van der Waals surface area contributed by atoms with E-state index in [1.54, 1.807) is 21.6 Å². The zero-order chi connectivity index (χ0) is 17.2. The molecule has 4 rings (SSSR count). The Kier molecular flexibility index (Phi) is 3.89. The molecule has 0 bridgehead atoms. The highest BCUT2D eigenvalue weighted by molar-refractivity contribution is 6.02. The van der Waals surface area contributed by atoms with Gasteiger partial charge in [-0.1, -0.05) is 24.3 Å². The van der Waals surface area contributed by atoms with Gasteiger partial charge in [0.25, 0.3) is 0 Å². The van der Waals surface area contributed by atoms with Crippen molar-refractivity contribution in [1.29, 1.82) is 0 Å². The molecule has 1 aromatic carbocycles. The number of carbonyl (C=O) groups excluding carboxylic acids is 2. The summed E-state index contributed by atoms with van der Waals surface area (Å²) in [4.78, 5) is 26.5. The summed E-state index contributed by atoms with van der Waals surface area (Å²) in [5.41, 5.74) is 2.55. The first-order chi connectivity index (χ1) is 12.2. The van der Waals surface area contributed by atoms with Crippen molar-refractivity contribution in [2.75, 3.05) is 16.8 Å². The molecular formula is C18H17N5O2. The fraction of sp³-hybridized carbons (Fsp3) is 0.222. The van der Waals surface area contributed by atoms with E-state index in [9.17, 15) is 9.59 Å². The van der Waals surface area contributed by atoms with Crippen LogP contribution in [0.4, 0.5) is 11.6 Å². The van der Waals surface area contributed by atoms with Crippen LogP contribution >= 0.6 is 0 Å². The Hall–Kier alpha value is -3.22. The van der Waals surface area contributed by atoms with E-state index in [0.29, 0.717) is 18.0 Å². The molecule has 2 amide bonds. The lowest BCUT2D eigenvalue weighted by molar-refractivity contribution is -0.121. The second-order valence-electron chi connectivity index (χ2n) is 5.96. The molecule has 0 aliphatic carbocycles. The molecule has 3 aromatic rings. The van der Waals surface area contributed by atoms with Crippen LogP contribution in [0.1, 0.15) is 18.4 Å². The quantitative estimate of drug-likeness (QED) is 0.794. The van der Waals surface area contributed by atoms with Gasteiger partial charge in [0.1, 0.15) is 6.54 Å². The zero-order valence-electron chi connectivity index (χ0n) is 13.6. The minimum Gasteiger partial charge on any atom is -0.303 e. The second-order valence-corrected chi connectivity index (χ2v) is 5.96. The topological polar surface area (TPSA) is 79.6 Å². The molecular weight excluding hydrogens is 318 g/mol. The van der Waals surface area contributed by atoms with Gasteiger partial charge in [-0.3, -0.25) is 19.3 Å². The molecule has 0 spiro atoms. The van der Waals surface area contributed by atoms with Gasteiger partial charge in [0.2, 0.25) is 17.8 Å². The smallest absolute Gasteiger partial charge is 0.246 e. The number of rotatable bonds is 3. The van der Waals surface area contributed by atoms with Crippen LogP contribution in [-0.2, 0) is 16.0 Å². The van der Waals surface area contributed by atoms with Gasteiger partial charge in [-0.05, 0) is 36.6 Å². The Morgan fingerprint density at radius 3 is 2.84 bits per heavy atom. The molecule has 1 aliphatic heterocycles. The van der Waals surface area contributed by atoms with Crippen LogP contribution in [0, 0.1) is 0 Å². The maximum absolute atomic E-state index is 12.5. The molecule has 3 heterocycles. The van der Waals surface area contributed by atoms with Crippen molar-refractivity contribution in [3.63, 3.8) is 0 Å². The van der Waals surface area contributed by atoms with Crippen LogP contribution in [0.15, 0.2) is 48.7 Å². The van der Waals surface area contributed by atoms with Crippen LogP contribution < -0.4 is 10.2 Å². The molecule has 0 saturated carbocycles. The summed E-state index contributed by atoms with van der Waals surface area (Å²) in [6, 6.07) is 13.2. The third-order valence-corrected chi connectivity index (χ3v) is 4.29. The Labute approximate surface area is 144 Å². The van der Waals surface area contributed by atoms with E-state index in [4.69, 9.17) is 0 Å². The Bertz CT molecular complexity index is 949. The Balaban J connectivity index is 1.56. The van der Waals surface area contributed by atoms with Crippen LogP contribution in [0.3, 0.4) is 0 Å². The highest BCUT2D eigenvalue weighted by Gasteiger charge is 2.24. The molecule has 0 unspecified atom stereocenters. The number of pyridine rings is 1. The van der Waals surface area contributed by atoms with Gasteiger partial charge in [0.05, 0.1) is 0 Å². The molecule has 7 heteroatoms. The van der Waals surface area contributed by atoms with Crippen molar-refractivity contribution >= 4 is 29.1 Å². The third-order valence-electron chi connectivity index (χ3n) is 4.29. The first kappa shape index (κ1) is 15.3. The minimum absolute atomic E-state index is 0.0359. The van der Waals surface area contributed by atoms with Crippen molar-refractivity contribution in [3.8, 4) is 0 Å². The lowest BCUT2D eigenvalue weighted by Crippen LogP contribution is -2.38. The first-order valence-corrected chi connectivity index (χ1v) is 8.20. The van der Waals surface area contributed by atoms with Crippen LogP contribution in [-0.4, -0.2) is 33.0 Å². The molecule has 0 atom stereocenters. The highest BCUT2D eigenvalue weighted by Crippen LogP contribution is 2.26. The molecule has 0 fully saturated rings. The SMILES string of the molecule is O=C(CN1C(=O)CCCc2ccccc21)Nc1nnc2ccccn12. The maximum atomic E-state index is 12.5. The van der Waals surface area contributed by atoms with Gasteiger partial charge < -0.3 is 4.90 Å². The molecule has 1 N–H and O–H groups in total. The van der Waals surface area contributed by atoms with Gasteiger partial charge in [-0.15, -0.1) is 10.2 Å². The van der Waals surface area contributed by atoms with Crippen molar-refractivity contribution in [1.82, 2.24) is 14.6 Å². The van der Waals surface area contributed by atoms with Crippen LogP contribution in [0.25, 0.3) is 5.65 Å². The molecule has 0 radical (unpaired) electrons. The number of fused-ring (bicyclic) bond motifs is 2. The molecule has 2 aromatic heterocycles. The third kappa shape index (κ3) is 2.96. The largest absolute Gasteiger partial charge is 0.303 e. The average Bonchev–Trinajstić information content (AvgIpc) is 2.96. The maximum Gasteiger partial charge on any atom is 0.246 e. The molecule has 1 aliphatic rings. The van der Waals surface area contributed by atoms with Gasteiger partial charge in [0.15, 0.2) is 5.65 Å². The summed E-state index contributed by atoms with van der Waals surface area (Å²) in [7, 11) is 0. The first-order valence-electron chi connectivity index (χ1n) is 8.20. The zero-order valence-corrected chi connectivity index (χ0v) is 13.6. The van der Waals surface area contributed by atoms with Gasteiger partial charge in [-0.25, -0.2) is 0 Å². The Morgan fingerprint density at radius 2 is 1.92 bits per heavy atom. The van der Waals surface area contributed by atoms with E-state index >= 15 is 0 Å². The number of nitrogens with one attached hydrogen (secondary N) is 1. The predicted molar refractivity (Wildman–Crippen MR) is 93.3 cm³/mol. The lowest BCUT2D eigenvalue weighted by atomic mass is 10.1. The number of aryl methyl sites for hydroxylation is 1. The second kappa shape index (κ2) is 6.35. The van der Waals surface area contributed by atoms with Gasteiger partial charge >= 0.3 is 0 Å². The molecule has 0 saturated heterocycles. The van der Waals surface area contributed by atoms with E-state index in [1.807, 2.05) is 36.4 Å². The van der Waals surface area contributed by atoms with Gasteiger partial charge in [-0.2, -0.15) is 0 Å². The number of anilines is 2. The normalized spacial score (nSPS) is 14.2. The summed E-state index contributed by atoms with van der Waals surface area (Å²) < 4.78 is 1.69. The van der Waals surface area contributed by atoms with Gasteiger partial charge in [0, 0.05) is 18.3 Å². The van der Waals surface area contributed by atoms with E-state index in [0.717, 1.165) is 24.1 Å². The van der Waals surface area contributed by atoms with Crippen molar-refractivity contribution in [2.24, 2.45) is 0 Å². The minimum atomic E-state index is -0.303. The van der Waals surface area contributed by atoms with E-state index < -0.39 is 0 Å². The monoisotopic (exact) mass is 335 g/mol. The van der Waals surface area contributed by atoms with E-state index in [2.05, 4.69) is 15.5 Å². The van der Waals surface area contributed by atoms with Crippen molar-refractivity contribution in [2.45, 2.75) is 19.3 Å². The van der Waals surface area contributed by atoms with Crippen LogP contribution in [0.2, 0.25) is 0 Å². The number of nitrogens with zero attached hydrogens (tertiary/aromatic N) is 4. The summed E-state index contributed by atoms with van der Waals surface area (Å²) in [6.07, 6.45) is 3.85. The Morgan fingerprint density at radius 1 is 1.08 bits per heavy atom. The van der Waals surface area contributed by atoms with E-state index in [-0.39, 0.29) is 18.4 Å². The molecule has 25 heavy (non-hydrogen) atoms. The number of amides is 2. The standard InChI is InChI=1S/C18H17N5O2/c24-16(19-18-21-20-15-9-3-4-11-22(15)18)12-23-14-8-2-1-6-13(14)7-5-10-17(23)25/h1-4,6,8-9,11H,5,7,10,12H2,(H,19,21,24). The highest BCUT2D eigenvalue weighted by atomic mass is 16.2. The van der Waals surface area contributed by atoms with Crippen LogP contribution in [0.5, 0.6) is 0 Å². The van der Waals surface area contributed by atoms with E-state index in [1.165, 1.54) is 0 Å². The van der Waals surface area contributed by atoms with Crippen molar-refractivity contribution < 1.29 is 9.59 Å². The van der Waals surface area contributed by atoms with Crippen molar-refractivity contribution in [3.05, 3.63) is 54.2 Å². The predicted octanol–water partition coefficient (Wildman–Crippen LogP) is 2.04. The molecule has 7 nitrogen and oxygen atoms in total. The average molecular weight is 335 g/mol. The fourth-order valence-corrected chi connectivity index (χ4v) is 3.09. The number of carbonyl (C=O) groups is 2. The number of hydrogen-bond acceptors (Lipinski definition) is 4.